The summed E-state index contributed by atoms with van der Waals surface area (Å²) in [6.45, 7) is 30.4. The molecule has 0 fully saturated rings. The van der Waals surface area contributed by atoms with Gasteiger partial charge in [0.2, 0.25) is 7.98 Å². The maximum atomic E-state index is 14.0. The molecule has 0 aliphatic rings. The molecule has 0 amide bonds. The van der Waals surface area contributed by atoms with Crippen LogP contribution in [0.1, 0.15) is 89.5 Å². The van der Waals surface area contributed by atoms with Crippen LogP contribution in [0.4, 0.5) is 4.48 Å². The zero-order valence-electron chi connectivity index (χ0n) is 22.6. The summed E-state index contributed by atoms with van der Waals surface area (Å²) in [5.41, 5.74) is 0.0455. The lowest BCUT2D eigenvalue weighted by Crippen LogP contribution is -2.54. The minimum Gasteiger partial charge on any atom is -0.347 e. The van der Waals surface area contributed by atoms with Gasteiger partial charge in [0.25, 0.3) is 0 Å². The van der Waals surface area contributed by atoms with Gasteiger partial charge in [-0.15, -0.1) is 4.48 Å². The molecule has 0 N–H and O–H groups in total. The van der Waals surface area contributed by atoms with Crippen molar-refractivity contribution in [2.75, 3.05) is 26.7 Å². The second kappa shape index (κ2) is 9.61. The lowest BCUT2D eigenvalue weighted by Gasteiger charge is -2.50. The molecule has 0 radical (unpaired) electrons. The van der Waals surface area contributed by atoms with Crippen LogP contribution in [-0.4, -0.2) is 68.5 Å². The Morgan fingerprint density at radius 3 is 1.59 bits per heavy atom. The lowest BCUT2D eigenvalue weighted by atomic mass is 9.68. The van der Waals surface area contributed by atoms with Gasteiger partial charge in [-0.2, -0.15) is 5.03 Å². The van der Waals surface area contributed by atoms with Crippen LogP contribution in [0.3, 0.4) is 0 Å². The fourth-order valence-electron chi connectivity index (χ4n) is 4.84. The normalized spacial score (nSPS) is 16.2. The van der Waals surface area contributed by atoms with E-state index >= 15 is 0 Å². The summed E-state index contributed by atoms with van der Waals surface area (Å²) in [6.07, 6.45) is 0.812. The Hall–Kier alpha value is -0.0601. The van der Waals surface area contributed by atoms with E-state index in [1.54, 1.807) is 0 Å². The Balaban J connectivity index is 5.64. The number of halogens is 1. The van der Waals surface area contributed by atoms with Crippen LogP contribution in [0.2, 0.25) is 0 Å². The smallest absolute Gasteiger partial charge is 0.228 e. The van der Waals surface area contributed by atoms with E-state index < -0.39 is 5.54 Å². The van der Waals surface area contributed by atoms with Crippen LogP contribution in [-0.2, 0) is 0 Å². The molecule has 0 rings (SSSR count). The third-order valence-electron chi connectivity index (χ3n) is 7.11. The van der Waals surface area contributed by atoms with Crippen molar-refractivity contribution in [3.63, 3.8) is 0 Å². The van der Waals surface area contributed by atoms with Crippen LogP contribution < -0.4 is 0 Å². The van der Waals surface area contributed by atoms with Crippen molar-refractivity contribution in [1.29, 1.82) is 0 Å². The second-order valence-electron chi connectivity index (χ2n) is 13.6. The second-order valence-corrected chi connectivity index (χ2v) is 13.6. The van der Waals surface area contributed by atoms with E-state index in [-0.39, 0.29) is 21.8 Å². The molecule has 0 bridgehead atoms. The molecule has 0 aromatic heterocycles. The highest BCUT2D eigenvalue weighted by molar-refractivity contribution is 6.04. The highest BCUT2D eigenvalue weighted by Crippen LogP contribution is 2.40. The van der Waals surface area contributed by atoms with Crippen LogP contribution in [0.25, 0.3) is 0 Å². The predicted octanol–water partition coefficient (Wildman–Crippen LogP) is 4.18. The van der Waals surface area contributed by atoms with Gasteiger partial charge in [-0.1, -0.05) is 55.4 Å². The van der Waals surface area contributed by atoms with Crippen molar-refractivity contribution in [2.24, 2.45) is 22.2 Å². The molecule has 1 unspecified atom stereocenters. The van der Waals surface area contributed by atoms with Gasteiger partial charge >= 0.3 is 0 Å². The number of hydrogen-bond acceptors (Lipinski definition) is 3. The van der Waals surface area contributed by atoms with Gasteiger partial charge in [0, 0.05) is 30.7 Å². The Morgan fingerprint density at radius 1 is 0.793 bits per heavy atom. The van der Waals surface area contributed by atoms with Crippen molar-refractivity contribution >= 4 is 16.0 Å². The first kappa shape index (κ1) is 28.9. The van der Waals surface area contributed by atoms with Crippen LogP contribution in [0, 0.1) is 22.2 Å². The Kier molecular flexibility index (Phi) is 9.59. The van der Waals surface area contributed by atoms with E-state index in [1.165, 1.54) is 7.98 Å². The zero-order valence-corrected chi connectivity index (χ0v) is 22.6. The monoisotopic (exact) mass is 411 g/mol. The quantitative estimate of drug-likeness (QED) is 0.373. The largest absolute Gasteiger partial charge is 0.347 e. The molecule has 29 heavy (non-hydrogen) atoms. The van der Waals surface area contributed by atoms with Gasteiger partial charge in [0.15, 0.2) is 7.98 Å². The highest BCUT2D eigenvalue weighted by atomic mass is 19.2. The first-order valence-corrected chi connectivity index (χ1v) is 11.3. The molecule has 0 saturated carbocycles. The lowest BCUT2D eigenvalue weighted by molar-refractivity contribution is -0.0156. The van der Waals surface area contributed by atoms with E-state index in [0.29, 0.717) is 5.92 Å². The first-order chi connectivity index (χ1) is 12.5. The third-order valence-corrected chi connectivity index (χ3v) is 7.11. The minimum atomic E-state index is -0.466. The molecule has 0 heterocycles. The van der Waals surface area contributed by atoms with E-state index in [2.05, 4.69) is 94.0 Å². The van der Waals surface area contributed by atoms with Gasteiger partial charge in [-0.05, 0) is 63.3 Å². The minimum absolute atomic E-state index is 0.0193. The first-order valence-electron chi connectivity index (χ1n) is 11.3. The fraction of sp³-hybridized carbons (Fsp3) is 1.00. The van der Waals surface area contributed by atoms with Crippen molar-refractivity contribution in [3.8, 4) is 0 Å². The average molecular weight is 411 g/mol. The summed E-state index contributed by atoms with van der Waals surface area (Å²) in [7, 11) is 5.90. The van der Waals surface area contributed by atoms with Crippen molar-refractivity contribution < 1.29 is 4.48 Å². The molecule has 0 aliphatic heterocycles. The maximum absolute atomic E-state index is 14.0. The molecule has 0 aromatic carbocycles. The van der Waals surface area contributed by atoms with Gasteiger partial charge in [-0.3, -0.25) is 0 Å². The van der Waals surface area contributed by atoms with Crippen molar-refractivity contribution in [3.05, 3.63) is 0 Å². The van der Waals surface area contributed by atoms with Crippen LogP contribution in [0.15, 0.2) is 0 Å². The Bertz CT molecular complexity index is 509. The Morgan fingerprint density at radius 2 is 1.24 bits per heavy atom. The molecule has 0 saturated heterocycles. The van der Waals surface area contributed by atoms with E-state index in [0.717, 1.165) is 31.1 Å². The van der Waals surface area contributed by atoms with Crippen LogP contribution in [0.5, 0.6) is 0 Å². The SMILES string of the molecule is BN(F)C(C)(C)CC(C)(C)CN(CC(C)(C)C)CC(C)(C)C(C)C(C)(C)N(B)C. The summed E-state index contributed by atoms with van der Waals surface area (Å²) in [5, 5.41) is 0.870. The third kappa shape index (κ3) is 9.31. The number of nitrogens with zero attached hydrogens (tertiary/aromatic N) is 3. The summed E-state index contributed by atoms with van der Waals surface area (Å²) >= 11 is 0. The summed E-state index contributed by atoms with van der Waals surface area (Å²) in [4.78, 5) is 4.98. The van der Waals surface area contributed by atoms with Crippen molar-refractivity contribution in [1.82, 2.24) is 14.7 Å². The Labute approximate surface area is 184 Å². The summed E-state index contributed by atoms with van der Waals surface area (Å²) < 4.78 is 14.0. The van der Waals surface area contributed by atoms with Gasteiger partial charge in [0.05, 0.1) is 0 Å². The van der Waals surface area contributed by atoms with E-state index in [1.807, 2.05) is 13.8 Å². The molecule has 172 valence electrons. The molecule has 1 atom stereocenters. The topological polar surface area (TPSA) is 9.72 Å². The van der Waals surface area contributed by atoms with E-state index in [9.17, 15) is 4.48 Å². The standard InChI is InChI=1S/C23H52B2FN3/c1-18(23(11,12)27(13)24)21(7,8)17-28(15-19(2,3)4)16-20(5,6)14-22(9,10)29(25)26/h18H,14-17,24-25H2,1-13H3. The van der Waals surface area contributed by atoms with Gasteiger partial charge < -0.3 is 9.71 Å². The summed E-state index contributed by atoms with van der Waals surface area (Å²) in [6, 6.07) is 0. The van der Waals surface area contributed by atoms with Crippen molar-refractivity contribution in [2.45, 2.75) is 101 Å². The maximum Gasteiger partial charge on any atom is 0.228 e. The predicted molar refractivity (Wildman–Crippen MR) is 133 cm³/mol. The number of rotatable bonds is 11. The van der Waals surface area contributed by atoms with Gasteiger partial charge in [0.1, 0.15) is 0 Å². The number of hydrogen-bond donors (Lipinski definition) is 0. The molecule has 6 heteroatoms. The summed E-state index contributed by atoms with van der Waals surface area (Å²) in [5.74, 6) is 0.518. The average Bonchev–Trinajstić information content (AvgIpc) is 2.41. The highest BCUT2D eigenvalue weighted by Gasteiger charge is 2.41. The van der Waals surface area contributed by atoms with Crippen LogP contribution >= 0.6 is 0 Å². The fourth-order valence-corrected chi connectivity index (χ4v) is 4.84. The molecule has 0 spiro atoms. The van der Waals surface area contributed by atoms with E-state index in [4.69, 9.17) is 0 Å². The molecule has 3 nitrogen and oxygen atoms in total. The molecular weight excluding hydrogens is 359 g/mol. The zero-order chi connectivity index (χ0) is 23.6. The molecule has 0 aliphatic carbocycles. The van der Waals surface area contributed by atoms with Gasteiger partial charge in [-0.25, -0.2) is 0 Å². The molecular formula is C23H52B2FN3. The molecule has 0 aromatic rings.